The largest absolute Gasteiger partial charge is 0.457 e. The molecule has 128 valence electrons. The zero-order valence-electron chi connectivity index (χ0n) is 13.5. The third kappa shape index (κ3) is 2.63. The summed E-state index contributed by atoms with van der Waals surface area (Å²) in [7, 11) is 0. The van der Waals surface area contributed by atoms with Gasteiger partial charge in [0.15, 0.2) is 5.75 Å². The lowest BCUT2D eigenvalue weighted by atomic mass is 9.81. The lowest BCUT2D eigenvalue weighted by molar-refractivity contribution is -0.122. The number of benzene rings is 1. The first-order chi connectivity index (χ1) is 12.2. The number of esters is 1. The lowest BCUT2D eigenvalue weighted by Gasteiger charge is -2.19. The number of ether oxygens (including phenoxy) is 1. The molecule has 2 amide bonds. The van der Waals surface area contributed by atoms with E-state index >= 15 is 0 Å². The highest BCUT2D eigenvalue weighted by molar-refractivity contribution is 6.22. The van der Waals surface area contributed by atoms with Crippen molar-refractivity contribution in [2.24, 2.45) is 11.8 Å². The maximum atomic E-state index is 12.8. The van der Waals surface area contributed by atoms with Crippen molar-refractivity contribution in [2.75, 3.05) is 4.90 Å². The predicted octanol–water partition coefficient (Wildman–Crippen LogP) is 3.18. The molecule has 0 spiro atoms. The Morgan fingerprint density at radius 2 is 1.68 bits per heavy atom. The molecule has 1 saturated carbocycles. The van der Waals surface area contributed by atoms with E-state index in [4.69, 9.17) is 9.15 Å². The number of amides is 2. The molecule has 25 heavy (non-hydrogen) atoms. The van der Waals surface area contributed by atoms with Gasteiger partial charge in [0, 0.05) is 0 Å². The Kier molecular flexibility index (Phi) is 3.87. The van der Waals surface area contributed by atoms with Crippen molar-refractivity contribution in [3.05, 3.63) is 48.4 Å². The summed E-state index contributed by atoms with van der Waals surface area (Å²) in [6, 6.07) is 9.66. The highest BCUT2D eigenvalue weighted by Gasteiger charge is 2.49. The number of carbonyl (C=O) groups is 3. The number of imide groups is 1. The molecule has 6 heteroatoms. The van der Waals surface area contributed by atoms with Crippen LogP contribution in [0.25, 0.3) is 0 Å². The molecule has 1 aromatic carbocycles. The van der Waals surface area contributed by atoms with Gasteiger partial charge in [-0.1, -0.05) is 25.0 Å². The van der Waals surface area contributed by atoms with Crippen LogP contribution in [-0.4, -0.2) is 17.8 Å². The third-order valence-electron chi connectivity index (χ3n) is 4.87. The summed E-state index contributed by atoms with van der Waals surface area (Å²) in [5.41, 5.74) is 0.312. The Bertz CT molecular complexity index is 802. The zero-order chi connectivity index (χ0) is 17.4. The molecule has 0 bridgehead atoms. The van der Waals surface area contributed by atoms with Crippen LogP contribution < -0.4 is 9.64 Å². The second kappa shape index (κ2) is 6.20. The van der Waals surface area contributed by atoms with Gasteiger partial charge in [-0.3, -0.25) is 9.59 Å². The van der Waals surface area contributed by atoms with E-state index < -0.39 is 5.97 Å². The van der Waals surface area contributed by atoms with Gasteiger partial charge < -0.3 is 9.15 Å². The standard InChI is InChI=1S/C19H17NO5/c21-17-12-6-1-2-7-13(12)18(22)20(17)14-8-3-4-9-15(14)25-19(23)16-10-5-11-24-16/h3-5,8-13H,1-2,6-7H2/t12-,13+. The Morgan fingerprint density at radius 1 is 1.00 bits per heavy atom. The molecule has 1 aliphatic heterocycles. The lowest BCUT2D eigenvalue weighted by Crippen LogP contribution is -2.31. The summed E-state index contributed by atoms with van der Waals surface area (Å²) < 4.78 is 10.4. The first-order valence-electron chi connectivity index (χ1n) is 8.39. The Hall–Kier alpha value is -2.89. The van der Waals surface area contributed by atoms with E-state index in [0.717, 1.165) is 25.7 Å². The highest BCUT2D eigenvalue weighted by atomic mass is 16.5. The van der Waals surface area contributed by atoms with Crippen LogP contribution in [0.1, 0.15) is 36.2 Å². The number of para-hydroxylation sites is 2. The van der Waals surface area contributed by atoms with Crippen molar-refractivity contribution in [3.8, 4) is 5.75 Å². The van der Waals surface area contributed by atoms with E-state index in [1.54, 1.807) is 30.3 Å². The minimum absolute atomic E-state index is 0.0579. The molecular formula is C19H17NO5. The maximum Gasteiger partial charge on any atom is 0.379 e. The molecule has 2 fully saturated rings. The van der Waals surface area contributed by atoms with Crippen molar-refractivity contribution in [1.29, 1.82) is 0 Å². The Labute approximate surface area is 144 Å². The molecule has 4 rings (SSSR count). The summed E-state index contributed by atoms with van der Waals surface area (Å²) in [4.78, 5) is 38.9. The second-order valence-electron chi connectivity index (χ2n) is 6.34. The molecule has 1 aromatic heterocycles. The van der Waals surface area contributed by atoms with Crippen LogP contribution in [0.2, 0.25) is 0 Å². The molecule has 1 aliphatic carbocycles. The molecule has 2 atom stereocenters. The smallest absolute Gasteiger partial charge is 0.379 e. The monoisotopic (exact) mass is 339 g/mol. The molecule has 2 aromatic rings. The molecule has 0 unspecified atom stereocenters. The number of hydrogen-bond donors (Lipinski definition) is 0. The van der Waals surface area contributed by atoms with Crippen LogP contribution in [0.15, 0.2) is 47.1 Å². The quantitative estimate of drug-likeness (QED) is 0.488. The molecule has 0 N–H and O–H groups in total. The van der Waals surface area contributed by atoms with E-state index in [-0.39, 0.29) is 35.2 Å². The molecule has 1 saturated heterocycles. The number of rotatable bonds is 3. The summed E-state index contributed by atoms with van der Waals surface area (Å²) >= 11 is 0. The van der Waals surface area contributed by atoms with Crippen LogP contribution in [-0.2, 0) is 9.59 Å². The SMILES string of the molecule is O=C(Oc1ccccc1N1C(=O)[C@H]2CCCC[C@H]2C1=O)c1ccco1. The van der Waals surface area contributed by atoms with E-state index in [1.165, 1.54) is 17.2 Å². The number of furan rings is 1. The van der Waals surface area contributed by atoms with Gasteiger partial charge in [-0.2, -0.15) is 0 Å². The van der Waals surface area contributed by atoms with Crippen LogP contribution >= 0.6 is 0 Å². The maximum absolute atomic E-state index is 12.8. The van der Waals surface area contributed by atoms with Gasteiger partial charge in [-0.05, 0) is 37.1 Å². The van der Waals surface area contributed by atoms with Crippen LogP contribution in [0.3, 0.4) is 0 Å². The van der Waals surface area contributed by atoms with Crippen LogP contribution in [0.4, 0.5) is 5.69 Å². The number of anilines is 1. The van der Waals surface area contributed by atoms with E-state index in [1.807, 2.05) is 0 Å². The third-order valence-corrected chi connectivity index (χ3v) is 4.87. The van der Waals surface area contributed by atoms with E-state index in [2.05, 4.69) is 0 Å². The number of fused-ring (bicyclic) bond motifs is 1. The number of nitrogens with zero attached hydrogens (tertiary/aromatic N) is 1. The van der Waals surface area contributed by atoms with Gasteiger partial charge in [0.05, 0.1) is 23.8 Å². The fourth-order valence-electron chi connectivity index (χ4n) is 3.67. The van der Waals surface area contributed by atoms with Crippen molar-refractivity contribution in [3.63, 3.8) is 0 Å². The Balaban J connectivity index is 1.66. The van der Waals surface area contributed by atoms with E-state index in [9.17, 15) is 14.4 Å². The van der Waals surface area contributed by atoms with Gasteiger partial charge in [0.1, 0.15) is 0 Å². The first kappa shape index (κ1) is 15.6. The van der Waals surface area contributed by atoms with Gasteiger partial charge >= 0.3 is 5.97 Å². The topological polar surface area (TPSA) is 76.8 Å². The van der Waals surface area contributed by atoms with Crippen molar-refractivity contribution < 1.29 is 23.5 Å². The Morgan fingerprint density at radius 3 is 2.32 bits per heavy atom. The summed E-state index contributed by atoms with van der Waals surface area (Å²) in [5, 5.41) is 0. The molecule has 2 aliphatic rings. The summed E-state index contributed by atoms with van der Waals surface area (Å²) in [6.07, 6.45) is 4.77. The second-order valence-corrected chi connectivity index (χ2v) is 6.34. The minimum Gasteiger partial charge on any atom is -0.457 e. The predicted molar refractivity (Wildman–Crippen MR) is 88.0 cm³/mol. The number of hydrogen-bond acceptors (Lipinski definition) is 5. The van der Waals surface area contributed by atoms with Crippen LogP contribution in [0, 0.1) is 11.8 Å². The van der Waals surface area contributed by atoms with Gasteiger partial charge in [-0.15, -0.1) is 0 Å². The minimum atomic E-state index is -0.672. The normalized spacial score (nSPS) is 22.8. The number of carbonyl (C=O) groups excluding carboxylic acids is 3. The average molecular weight is 339 g/mol. The molecule has 0 radical (unpaired) electrons. The van der Waals surface area contributed by atoms with Crippen LogP contribution in [0.5, 0.6) is 5.75 Å². The zero-order valence-corrected chi connectivity index (χ0v) is 13.5. The fraction of sp³-hybridized carbons (Fsp3) is 0.316. The molecule has 6 nitrogen and oxygen atoms in total. The van der Waals surface area contributed by atoms with Crippen molar-refractivity contribution >= 4 is 23.5 Å². The highest BCUT2D eigenvalue weighted by Crippen LogP contribution is 2.42. The average Bonchev–Trinajstić information content (AvgIpc) is 3.25. The van der Waals surface area contributed by atoms with E-state index in [0.29, 0.717) is 5.69 Å². The first-order valence-corrected chi connectivity index (χ1v) is 8.39. The summed E-state index contributed by atoms with van der Waals surface area (Å²) in [5.74, 6) is -1.35. The van der Waals surface area contributed by atoms with Gasteiger partial charge in [0.25, 0.3) is 0 Å². The fourth-order valence-corrected chi connectivity index (χ4v) is 3.67. The van der Waals surface area contributed by atoms with Crippen molar-refractivity contribution in [1.82, 2.24) is 0 Å². The summed E-state index contributed by atoms with van der Waals surface area (Å²) in [6.45, 7) is 0. The molecular weight excluding hydrogens is 322 g/mol. The van der Waals surface area contributed by atoms with Gasteiger partial charge in [0.2, 0.25) is 17.6 Å². The molecule has 2 heterocycles. The van der Waals surface area contributed by atoms with Gasteiger partial charge in [-0.25, -0.2) is 9.69 Å². The van der Waals surface area contributed by atoms with Crippen molar-refractivity contribution in [2.45, 2.75) is 25.7 Å².